The minimum Gasteiger partial charge on any atom is -0.494 e. The summed E-state index contributed by atoms with van der Waals surface area (Å²) in [6.45, 7) is 0. The Morgan fingerprint density at radius 1 is 1.16 bits per heavy atom. The summed E-state index contributed by atoms with van der Waals surface area (Å²) in [7, 11) is -5.87. The standard InChI is InChI=1S/C7H7NO6S2.C6H5Cl2N/c1-14-7-3-2-5(16(11,12)13)4-6(7)8-15(9)10;7-4-1-2-5(8)6(9)3-4/h2-4H,1H3,(H,11,12,13);1-3H,9H2. The Labute approximate surface area is 155 Å². The molecule has 0 radical (unpaired) electrons. The predicted molar refractivity (Wildman–Crippen MR) is 94.7 cm³/mol. The third kappa shape index (κ3) is 6.88. The molecule has 0 saturated carbocycles. The maximum Gasteiger partial charge on any atom is 0.316 e. The molecule has 0 amide bonds. The highest BCUT2D eigenvalue weighted by molar-refractivity contribution is 7.85. The monoisotopic (exact) mass is 426 g/mol. The molecule has 8 nitrogen and oxygen atoms in total. The van der Waals surface area contributed by atoms with E-state index in [-0.39, 0.29) is 11.4 Å². The number of rotatable bonds is 3. The van der Waals surface area contributed by atoms with E-state index in [1.165, 1.54) is 13.2 Å². The van der Waals surface area contributed by atoms with Crippen molar-refractivity contribution in [1.29, 1.82) is 0 Å². The van der Waals surface area contributed by atoms with Gasteiger partial charge in [0.25, 0.3) is 10.1 Å². The van der Waals surface area contributed by atoms with E-state index in [4.69, 9.17) is 38.2 Å². The molecule has 0 aliphatic rings. The zero-order chi connectivity index (χ0) is 19.2. The molecule has 2 aromatic carbocycles. The molecule has 0 unspecified atom stereocenters. The number of halogens is 2. The van der Waals surface area contributed by atoms with Crippen LogP contribution in [0.25, 0.3) is 0 Å². The Bertz CT molecular complexity index is 999. The fourth-order valence-corrected chi connectivity index (χ4v) is 2.60. The third-order valence-electron chi connectivity index (χ3n) is 2.58. The van der Waals surface area contributed by atoms with Gasteiger partial charge in [0, 0.05) is 5.02 Å². The van der Waals surface area contributed by atoms with Crippen LogP contribution in [0.1, 0.15) is 0 Å². The first-order valence-corrected chi connectivity index (χ1v) is 9.44. The van der Waals surface area contributed by atoms with E-state index in [0.717, 1.165) is 12.1 Å². The van der Waals surface area contributed by atoms with Crippen LogP contribution in [0.3, 0.4) is 0 Å². The first kappa shape index (κ1) is 21.2. The quantitative estimate of drug-likeness (QED) is 0.567. The summed E-state index contributed by atoms with van der Waals surface area (Å²) in [5, 5.41) is 1.15. The summed E-state index contributed by atoms with van der Waals surface area (Å²) < 4.78 is 58.9. The molecule has 0 atom stereocenters. The number of anilines is 1. The van der Waals surface area contributed by atoms with Crippen LogP contribution in [-0.2, 0) is 20.6 Å². The molecule has 0 aromatic heterocycles. The molecule has 136 valence electrons. The zero-order valence-electron chi connectivity index (χ0n) is 12.5. The minimum absolute atomic E-state index is 0.0802. The molecule has 0 aliphatic carbocycles. The Morgan fingerprint density at radius 3 is 2.24 bits per heavy atom. The Balaban J connectivity index is 0.000000293. The van der Waals surface area contributed by atoms with Crippen molar-refractivity contribution in [3.05, 3.63) is 46.4 Å². The van der Waals surface area contributed by atoms with E-state index in [9.17, 15) is 16.8 Å². The van der Waals surface area contributed by atoms with Gasteiger partial charge in [-0.05, 0) is 36.4 Å². The smallest absolute Gasteiger partial charge is 0.316 e. The number of methoxy groups -OCH3 is 1. The van der Waals surface area contributed by atoms with E-state index in [2.05, 4.69) is 4.36 Å². The molecule has 2 rings (SSSR count). The van der Waals surface area contributed by atoms with Crippen molar-refractivity contribution < 1.29 is 26.1 Å². The summed E-state index contributed by atoms with van der Waals surface area (Å²) in [6, 6.07) is 8.13. The Kier molecular flexibility index (Phi) is 7.64. The molecule has 0 fully saturated rings. The number of hydrogen-bond donors (Lipinski definition) is 2. The molecular formula is C13H12Cl2N2O6S2. The van der Waals surface area contributed by atoms with Gasteiger partial charge in [-0.3, -0.25) is 4.55 Å². The van der Waals surface area contributed by atoms with Crippen molar-refractivity contribution in [2.75, 3.05) is 12.8 Å². The average Bonchev–Trinajstić information content (AvgIpc) is 2.50. The van der Waals surface area contributed by atoms with Gasteiger partial charge in [-0.2, -0.15) is 16.8 Å². The second-order valence-corrected chi connectivity index (χ2v) is 7.16. The molecule has 12 heteroatoms. The van der Waals surface area contributed by atoms with Gasteiger partial charge >= 0.3 is 10.5 Å². The fourth-order valence-electron chi connectivity index (χ4n) is 1.50. The van der Waals surface area contributed by atoms with Gasteiger partial charge in [0.05, 0.1) is 22.7 Å². The third-order valence-corrected chi connectivity index (χ3v) is 4.35. The van der Waals surface area contributed by atoms with Gasteiger partial charge in [0.1, 0.15) is 11.4 Å². The van der Waals surface area contributed by atoms with E-state index in [0.29, 0.717) is 15.7 Å². The first-order valence-electron chi connectivity index (χ1n) is 6.21. The van der Waals surface area contributed by atoms with Crippen molar-refractivity contribution in [2.24, 2.45) is 4.36 Å². The van der Waals surface area contributed by atoms with E-state index in [1.807, 2.05) is 0 Å². The van der Waals surface area contributed by atoms with Crippen LogP contribution < -0.4 is 10.5 Å². The van der Waals surface area contributed by atoms with Gasteiger partial charge in [-0.15, -0.1) is 4.36 Å². The van der Waals surface area contributed by atoms with Crippen molar-refractivity contribution in [2.45, 2.75) is 4.90 Å². The normalized spacial score (nSPS) is 10.4. The van der Waals surface area contributed by atoms with Crippen LogP contribution in [0, 0.1) is 0 Å². The van der Waals surface area contributed by atoms with Crippen molar-refractivity contribution in [3.8, 4) is 5.75 Å². The number of nitrogen functional groups attached to an aromatic ring is 1. The second kappa shape index (κ2) is 9.02. The fraction of sp³-hybridized carbons (Fsp3) is 0.0769. The van der Waals surface area contributed by atoms with Gasteiger partial charge in [-0.25, -0.2) is 0 Å². The van der Waals surface area contributed by atoms with Crippen LogP contribution in [0.15, 0.2) is 45.7 Å². The van der Waals surface area contributed by atoms with Crippen LogP contribution in [0.2, 0.25) is 10.0 Å². The van der Waals surface area contributed by atoms with Gasteiger partial charge in [0.2, 0.25) is 0 Å². The van der Waals surface area contributed by atoms with Crippen LogP contribution in [0.4, 0.5) is 11.4 Å². The lowest BCUT2D eigenvalue weighted by Gasteiger charge is -2.03. The molecule has 0 spiro atoms. The maximum atomic E-state index is 10.8. The molecule has 0 heterocycles. The predicted octanol–water partition coefficient (Wildman–Crippen LogP) is 3.21. The highest BCUT2D eigenvalue weighted by Gasteiger charge is 2.13. The van der Waals surface area contributed by atoms with Gasteiger partial charge < -0.3 is 10.5 Å². The van der Waals surface area contributed by atoms with Gasteiger partial charge in [-0.1, -0.05) is 23.2 Å². The summed E-state index contributed by atoms with van der Waals surface area (Å²) in [5.41, 5.74) is 5.72. The second-order valence-electron chi connectivity index (χ2n) is 4.28. The topological polar surface area (TPSA) is 136 Å². The summed E-state index contributed by atoms with van der Waals surface area (Å²) >= 11 is 11.2. The number of nitrogens with zero attached hydrogens (tertiary/aromatic N) is 1. The van der Waals surface area contributed by atoms with Crippen molar-refractivity contribution >= 4 is 55.2 Å². The van der Waals surface area contributed by atoms with E-state index in [1.54, 1.807) is 18.2 Å². The van der Waals surface area contributed by atoms with E-state index < -0.39 is 25.5 Å². The number of ether oxygens (including phenoxy) is 1. The molecule has 0 aliphatic heterocycles. The maximum absolute atomic E-state index is 10.8. The highest BCUT2D eigenvalue weighted by Crippen LogP contribution is 2.29. The van der Waals surface area contributed by atoms with Gasteiger partial charge in [0.15, 0.2) is 0 Å². The first-order chi connectivity index (χ1) is 11.5. The molecule has 0 saturated heterocycles. The lowest BCUT2D eigenvalue weighted by atomic mass is 10.3. The number of nitrogens with two attached hydrogens (primary N) is 1. The van der Waals surface area contributed by atoms with E-state index >= 15 is 0 Å². The average molecular weight is 427 g/mol. The highest BCUT2D eigenvalue weighted by atomic mass is 35.5. The number of hydrogen-bond acceptors (Lipinski definition) is 7. The molecule has 0 bridgehead atoms. The zero-order valence-corrected chi connectivity index (χ0v) is 15.7. The van der Waals surface area contributed by atoms with Crippen LogP contribution >= 0.6 is 23.2 Å². The lowest BCUT2D eigenvalue weighted by molar-refractivity contribution is 0.415. The largest absolute Gasteiger partial charge is 0.494 e. The van der Waals surface area contributed by atoms with Crippen molar-refractivity contribution in [3.63, 3.8) is 0 Å². The summed E-state index contributed by atoms with van der Waals surface area (Å²) in [6.07, 6.45) is 0. The minimum atomic E-state index is -4.40. The Hall–Kier alpha value is -1.85. The Morgan fingerprint density at radius 2 is 1.80 bits per heavy atom. The molecule has 25 heavy (non-hydrogen) atoms. The number of benzene rings is 2. The lowest BCUT2D eigenvalue weighted by Crippen LogP contribution is -1.97. The molecule has 2 aromatic rings. The van der Waals surface area contributed by atoms with Crippen LogP contribution in [-0.4, -0.2) is 28.5 Å². The summed E-state index contributed by atoms with van der Waals surface area (Å²) in [5.74, 6) is 0.0802. The van der Waals surface area contributed by atoms with Crippen molar-refractivity contribution in [1.82, 2.24) is 0 Å². The molecule has 3 N–H and O–H groups in total. The van der Waals surface area contributed by atoms with Crippen LogP contribution in [0.5, 0.6) is 5.75 Å². The summed E-state index contributed by atoms with van der Waals surface area (Å²) in [4.78, 5) is -0.461. The molecular weight excluding hydrogens is 415 g/mol. The SMILES string of the molecule is COc1ccc(S(=O)(=O)O)cc1N=S(=O)=O.Nc1cc(Cl)ccc1Cl.